The summed E-state index contributed by atoms with van der Waals surface area (Å²) in [6, 6.07) is 12.7. The van der Waals surface area contributed by atoms with Gasteiger partial charge in [-0.25, -0.2) is 4.79 Å². The fourth-order valence-electron chi connectivity index (χ4n) is 4.92. The van der Waals surface area contributed by atoms with Crippen molar-refractivity contribution in [3.05, 3.63) is 58.7 Å². The molecule has 0 fully saturated rings. The topological polar surface area (TPSA) is 48.0 Å². The standard InChI is InChI=1S/C25H31NO4/c1-15-11-20-23(19-13-22(29-6)21(28-5)12-18(15)19)17-10-8-7-9-16(17)14-26(20)24(27)30-25(2,3)4/h7-10,12-13,15,20,23H,11,14H2,1-6H3/t15-,20-,23-/m1/s1. The highest BCUT2D eigenvalue weighted by atomic mass is 16.6. The van der Waals surface area contributed by atoms with Gasteiger partial charge in [0.05, 0.1) is 14.2 Å². The number of ether oxygens (including phenoxy) is 3. The predicted molar refractivity (Wildman–Crippen MR) is 116 cm³/mol. The molecule has 0 spiro atoms. The molecule has 2 aliphatic rings. The van der Waals surface area contributed by atoms with Crippen molar-refractivity contribution in [1.29, 1.82) is 0 Å². The zero-order chi connectivity index (χ0) is 21.6. The number of carbonyl (C=O) groups is 1. The van der Waals surface area contributed by atoms with E-state index in [4.69, 9.17) is 14.2 Å². The molecule has 0 radical (unpaired) electrons. The van der Waals surface area contributed by atoms with E-state index in [1.165, 1.54) is 22.3 Å². The third kappa shape index (κ3) is 3.51. The molecule has 3 atom stereocenters. The highest BCUT2D eigenvalue weighted by molar-refractivity contribution is 5.70. The average molecular weight is 410 g/mol. The molecule has 0 bridgehead atoms. The van der Waals surface area contributed by atoms with Crippen LogP contribution in [-0.2, 0) is 11.3 Å². The molecule has 0 N–H and O–H groups in total. The highest BCUT2D eigenvalue weighted by Gasteiger charge is 2.44. The fraction of sp³-hybridized carbons (Fsp3) is 0.480. The van der Waals surface area contributed by atoms with Crippen LogP contribution in [0.2, 0.25) is 0 Å². The molecule has 0 saturated carbocycles. The molecule has 2 aromatic carbocycles. The van der Waals surface area contributed by atoms with Crippen LogP contribution in [0.3, 0.4) is 0 Å². The van der Waals surface area contributed by atoms with E-state index in [2.05, 4.69) is 37.3 Å². The number of amides is 1. The fourth-order valence-corrected chi connectivity index (χ4v) is 4.92. The first kappa shape index (κ1) is 20.6. The van der Waals surface area contributed by atoms with Gasteiger partial charge in [-0.2, -0.15) is 0 Å². The van der Waals surface area contributed by atoms with Gasteiger partial charge in [-0.3, -0.25) is 4.90 Å². The van der Waals surface area contributed by atoms with Gasteiger partial charge in [0.1, 0.15) is 5.60 Å². The van der Waals surface area contributed by atoms with E-state index in [1.54, 1.807) is 14.2 Å². The van der Waals surface area contributed by atoms with Gasteiger partial charge in [-0.1, -0.05) is 31.2 Å². The summed E-state index contributed by atoms with van der Waals surface area (Å²) in [7, 11) is 3.33. The molecule has 2 aromatic rings. The van der Waals surface area contributed by atoms with Crippen molar-refractivity contribution in [3.8, 4) is 11.5 Å². The molecule has 30 heavy (non-hydrogen) atoms. The van der Waals surface area contributed by atoms with Gasteiger partial charge in [0, 0.05) is 18.5 Å². The molecule has 1 aliphatic heterocycles. The first-order valence-corrected chi connectivity index (χ1v) is 10.6. The minimum Gasteiger partial charge on any atom is -0.493 e. The Morgan fingerprint density at radius 1 is 1.00 bits per heavy atom. The van der Waals surface area contributed by atoms with Gasteiger partial charge in [0.15, 0.2) is 11.5 Å². The van der Waals surface area contributed by atoms with Crippen LogP contribution in [0.4, 0.5) is 4.79 Å². The monoisotopic (exact) mass is 409 g/mol. The van der Waals surface area contributed by atoms with Crippen LogP contribution in [0, 0.1) is 0 Å². The lowest BCUT2D eigenvalue weighted by molar-refractivity contribution is 0.00712. The molecule has 0 aromatic heterocycles. The Balaban J connectivity index is 1.86. The second kappa shape index (κ2) is 7.53. The largest absolute Gasteiger partial charge is 0.493 e. The van der Waals surface area contributed by atoms with Crippen molar-refractivity contribution in [2.75, 3.05) is 14.2 Å². The van der Waals surface area contributed by atoms with Gasteiger partial charge in [-0.05, 0) is 67.5 Å². The number of benzene rings is 2. The Morgan fingerprint density at radius 3 is 2.27 bits per heavy atom. The number of hydrogen-bond donors (Lipinski definition) is 0. The maximum absolute atomic E-state index is 13.2. The van der Waals surface area contributed by atoms with Crippen LogP contribution < -0.4 is 9.47 Å². The van der Waals surface area contributed by atoms with E-state index >= 15 is 0 Å². The van der Waals surface area contributed by atoms with Crippen molar-refractivity contribution in [2.45, 2.75) is 64.1 Å². The molecule has 5 heteroatoms. The smallest absolute Gasteiger partial charge is 0.410 e. The predicted octanol–water partition coefficient (Wildman–Crippen LogP) is 5.46. The van der Waals surface area contributed by atoms with Crippen LogP contribution in [0.25, 0.3) is 0 Å². The van der Waals surface area contributed by atoms with Crippen molar-refractivity contribution < 1.29 is 19.0 Å². The number of fused-ring (bicyclic) bond motifs is 5. The summed E-state index contributed by atoms with van der Waals surface area (Å²) in [5.74, 6) is 1.83. The Hall–Kier alpha value is -2.69. The lowest BCUT2D eigenvalue weighted by Gasteiger charge is -2.47. The molecule has 1 aliphatic carbocycles. The number of rotatable bonds is 2. The van der Waals surface area contributed by atoms with Crippen LogP contribution in [0.1, 0.15) is 68.2 Å². The van der Waals surface area contributed by atoms with E-state index in [0.717, 1.165) is 17.9 Å². The Bertz CT molecular complexity index is 962. The van der Waals surface area contributed by atoms with Gasteiger partial charge in [-0.15, -0.1) is 0 Å². The van der Waals surface area contributed by atoms with Gasteiger partial charge < -0.3 is 14.2 Å². The van der Waals surface area contributed by atoms with Crippen LogP contribution in [-0.4, -0.2) is 36.9 Å². The zero-order valence-corrected chi connectivity index (χ0v) is 18.7. The van der Waals surface area contributed by atoms with Crippen molar-refractivity contribution in [3.63, 3.8) is 0 Å². The van der Waals surface area contributed by atoms with Gasteiger partial charge >= 0.3 is 6.09 Å². The number of hydrogen-bond acceptors (Lipinski definition) is 4. The second-order valence-electron chi connectivity index (χ2n) is 9.32. The van der Waals surface area contributed by atoms with Gasteiger partial charge in [0.25, 0.3) is 0 Å². The van der Waals surface area contributed by atoms with E-state index in [-0.39, 0.29) is 24.0 Å². The quantitative estimate of drug-likeness (QED) is 0.661. The minimum absolute atomic E-state index is 0.0374. The van der Waals surface area contributed by atoms with Crippen LogP contribution >= 0.6 is 0 Å². The van der Waals surface area contributed by atoms with Crippen molar-refractivity contribution >= 4 is 6.09 Å². The maximum atomic E-state index is 13.2. The molecule has 1 amide bonds. The molecule has 5 nitrogen and oxygen atoms in total. The van der Waals surface area contributed by atoms with E-state index in [1.807, 2.05) is 31.7 Å². The van der Waals surface area contributed by atoms with Crippen molar-refractivity contribution in [2.24, 2.45) is 0 Å². The Labute approximate surface area is 178 Å². The van der Waals surface area contributed by atoms with Crippen molar-refractivity contribution in [1.82, 2.24) is 4.90 Å². The molecule has 1 heterocycles. The van der Waals surface area contributed by atoms with E-state index in [9.17, 15) is 4.79 Å². The maximum Gasteiger partial charge on any atom is 0.410 e. The molecule has 160 valence electrons. The van der Waals surface area contributed by atoms with E-state index < -0.39 is 5.60 Å². The molecular formula is C25H31NO4. The Kier molecular flexibility index (Phi) is 5.16. The van der Waals surface area contributed by atoms with Gasteiger partial charge in [0.2, 0.25) is 0 Å². The molecule has 0 unspecified atom stereocenters. The number of carbonyl (C=O) groups excluding carboxylic acids is 1. The third-order valence-corrected chi connectivity index (χ3v) is 6.19. The molecule has 0 saturated heterocycles. The minimum atomic E-state index is -0.529. The number of nitrogens with zero attached hydrogens (tertiary/aromatic N) is 1. The zero-order valence-electron chi connectivity index (χ0n) is 18.7. The molecular weight excluding hydrogens is 378 g/mol. The first-order chi connectivity index (χ1) is 14.2. The average Bonchev–Trinajstić information content (AvgIpc) is 2.70. The van der Waals surface area contributed by atoms with Crippen LogP contribution in [0.5, 0.6) is 11.5 Å². The second-order valence-corrected chi connectivity index (χ2v) is 9.32. The SMILES string of the molecule is COc1cc2c(cc1OC)[C@H](C)C[C@@H]1[C@@H]2c2ccccc2CN1C(=O)OC(C)(C)C. The molecule has 4 rings (SSSR count). The summed E-state index contributed by atoms with van der Waals surface area (Å²) in [6.45, 7) is 8.53. The summed E-state index contributed by atoms with van der Waals surface area (Å²) in [5, 5.41) is 0. The lowest BCUT2D eigenvalue weighted by atomic mass is 9.68. The summed E-state index contributed by atoms with van der Waals surface area (Å²) in [6.07, 6.45) is 0.629. The summed E-state index contributed by atoms with van der Waals surface area (Å²) in [4.78, 5) is 15.1. The lowest BCUT2D eigenvalue weighted by Crippen LogP contribution is -2.50. The number of methoxy groups -OCH3 is 2. The third-order valence-electron chi connectivity index (χ3n) is 6.19. The highest BCUT2D eigenvalue weighted by Crippen LogP contribution is 2.50. The summed E-state index contributed by atoms with van der Waals surface area (Å²) in [5.41, 5.74) is 4.38. The van der Waals surface area contributed by atoms with Crippen LogP contribution in [0.15, 0.2) is 36.4 Å². The Morgan fingerprint density at radius 2 is 1.63 bits per heavy atom. The first-order valence-electron chi connectivity index (χ1n) is 10.6. The summed E-state index contributed by atoms with van der Waals surface area (Å²) >= 11 is 0. The van der Waals surface area contributed by atoms with E-state index in [0.29, 0.717) is 6.54 Å². The summed E-state index contributed by atoms with van der Waals surface area (Å²) < 4.78 is 17.0. The normalized spacial score (nSPS) is 22.5.